The number of anilines is 3. The van der Waals surface area contributed by atoms with Gasteiger partial charge in [0.1, 0.15) is 0 Å². The topological polar surface area (TPSA) is 105 Å². The third kappa shape index (κ3) is 5.19. The van der Waals surface area contributed by atoms with Gasteiger partial charge in [0, 0.05) is 23.8 Å². The Balaban J connectivity index is 2.74. The Bertz CT molecular complexity index is 892. The van der Waals surface area contributed by atoms with E-state index in [2.05, 4.69) is 28.1 Å². The van der Waals surface area contributed by atoms with Crippen LogP contribution in [-0.2, 0) is 21.4 Å². The number of nitrogens with one attached hydrogen (secondary N) is 2. The molecule has 0 fully saturated rings. The van der Waals surface area contributed by atoms with E-state index < -0.39 is 15.6 Å². The lowest BCUT2D eigenvalue weighted by atomic mass is 9.93. The first-order chi connectivity index (χ1) is 13.3. The molecule has 0 bridgehead atoms. The molecule has 1 aromatic rings. The van der Waals surface area contributed by atoms with Gasteiger partial charge >= 0.3 is 0 Å². The summed E-state index contributed by atoms with van der Waals surface area (Å²) in [7, 11) is -3.94. The fraction of sp³-hybridized carbons (Fsp3) is 0.650. The van der Waals surface area contributed by atoms with Crippen LogP contribution in [-0.4, -0.2) is 38.9 Å². The quantitative estimate of drug-likeness (QED) is 0.600. The number of amides is 1. The van der Waals surface area contributed by atoms with Gasteiger partial charge in [-0.2, -0.15) is 20.2 Å². The number of rotatable bonds is 7. The molecule has 2 rings (SSSR count). The average Bonchev–Trinajstić information content (AvgIpc) is 2.93. The minimum Gasteiger partial charge on any atom is -0.365 e. The highest BCUT2D eigenvalue weighted by Gasteiger charge is 2.36. The summed E-state index contributed by atoms with van der Waals surface area (Å²) >= 11 is 1.79. The molecule has 1 heterocycles. The van der Waals surface area contributed by atoms with Crippen molar-refractivity contribution in [1.29, 1.82) is 0 Å². The summed E-state index contributed by atoms with van der Waals surface area (Å²) in [6.45, 7) is 12.3. The molecule has 0 radical (unpaired) electrons. The predicted molar refractivity (Wildman–Crippen MR) is 124 cm³/mol. The Hall–Kier alpha value is -1.45. The molecular weight excluding hydrogens is 408 g/mol. The van der Waals surface area contributed by atoms with Crippen molar-refractivity contribution in [1.82, 2.24) is 0 Å². The Labute approximate surface area is 179 Å². The Morgan fingerprint density at radius 2 is 1.86 bits per heavy atom. The summed E-state index contributed by atoms with van der Waals surface area (Å²) < 4.78 is 26.1. The zero-order chi connectivity index (χ0) is 22.1. The minimum absolute atomic E-state index is 0.113. The average molecular weight is 443 g/mol. The number of fused-ring (bicyclic) bond motifs is 1. The number of hydrogen-bond donors (Lipinski definition) is 3. The molecule has 1 aliphatic rings. The lowest BCUT2D eigenvalue weighted by molar-refractivity contribution is -0.123. The molecule has 164 valence electrons. The second kappa shape index (κ2) is 8.73. The van der Waals surface area contributed by atoms with Gasteiger partial charge < -0.3 is 10.2 Å². The van der Waals surface area contributed by atoms with E-state index in [4.69, 9.17) is 5.14 Å². The highest BCUT2D eigenvalue weighted by molar-refractivity contribution is 7.98. The third-order valence-corrected chi connectivity index (χ3v) is 6.46. The molecule has 1 atom stereocenters. The van der Waals surface area contributed by atoms with E-state index in [0.717, 1.165) is 42.0 Å². The summed E-state index contributed by atoms with van der Waals surface area (Å²) in [5, 5.41) is 8.37. The largest absolute Gasteiger partial charge is 0.365 e. The van der Waals surface area contributed by atoms with Crippen LogP contribution in [0.2, 0.25) is 0 Å². The molecule has 7 nitrogen and oxygen atoms in total. The van der Waals surface area contributed by atoms with Gasteiger partial charge in [0.2, 0.25) is 5.91 Å². The number of carbonyl (C=O) groups excluding carboxylic acids is 1. The molecule has 0 aromatic heterocycles. The second-order valence-electron chi connectivity index (χ2n) is 8.69. The van der Waals surface area contributed by atoms with Crippen LogP contribution in [0.4, 0.5) is 17.1 Å². The Morgan fingerprint density at radius 1 is 1.24 bits per heavy atom. The molecule has 1 aliphatic heterocycles. The van der Waals surface area contributed by atoms with Crippen LogP contribution in [0.25, 0.3) is 0 Å². The van der Waals surface area contributed by atoms with Crippen molar-refractivity contribution < 1.29 is 13.2 Å². The fourth-order valence-corrected chi connectivity index (χ4v) is 5.06. The lowest BCUT2D eigenvalue weighted by Crippen LogP contribution is -2.35. The van der Waals surface area contributed by atoms with Crippen molar-refractivity contribution in [3.8, 4) is 0 Å². The van der Waals surface area contributed by atoms with E-state index in [1.54, 1.807) is 11.8 Å². The molecule has 4 N–H and O–H groups in total. The molecule has 1 aromatic carbocycles. The predicted octanol–water partition coefficient (Wildman–Crippen LogP) is 3.41. The van der Waals surface area contributed by atoms with Gasteiger partial charge in [-0.15, -0.1) is 0 Å². The molecule has 0 saturated carbocycles. The molecular formula is C20H34N4O3S2. The van der Waals surface area contributed by atoms with Crippen LogP contribution in [0.15, 0.2) is 0 Å². The third-order valence-electron chi connectivity index (χ3n) is 5.26. The highest BCUT2D eigenvalue weighted by atomic mass is 32.2. The first kappa shape index (κ1) is 23.8. The number of benzene rings is 1. The highest BCUT2D eigenvalue weighted by Crippen LogP contribution is 2.47. The van der Waals surface area contributed by atoms with Crippen molar-refractivity contribution in [2.45, 2.75) is 60.4 Å². The fourth-order valence-electron chi connectivity index (χ4n) is 3.78. The van der Waals surface area contributed by atoms with Gasteiger partial charge in [0.25, 0.3) is 10.2 Å². The molecule has 0 aliphatic carbocycles. The van der Waals surface area contributed by atoms with E-state index in [1.807, 2.05) is 34.6 Å². The summed E-state index contributed by atoms with van der Waals surface area (Å²) in [6.07, 6.45) is 3.87. The second-order valence-corrected chi connectivity index (χ2v) is 10.9. The van der Waals surface area contributed by atoms with E-state index in [1.165, 1.54) is 0 Å². The van der Waals surface area contributed by atoms with Gasteiger partial charge in [0.15, 0.2) is 0 Å². The first-order valence-electron chi connectivity index (χ1n) is 9.85. The van der Waals surface area contributed by atoms with Gasteiger partial charge in [-0.05, 0) is 49.6 Å². The zero-order valence-corrected chi connectivity index (χ0v) is 20.1. The number of nitrogens with two attached hydrogens (primary N) is 1. The minimum atomic E-state index is -3.94. The first-order valence-corrected chi connectivity index (χ1v) is 12.8. The van der Waals surface area contributed by atoms with Crippen LogP contribution in [0.1, 0.15) is 50.8 Å². The molecule has 1 amide bonds. The normalized spacial score (nSPS) is 16.7. The van der Waals surface area contributed by atoms with Crippen molar-refractivity contribution in [2.75, 3.05) is 33.5 Å². The zero-order valence-electron chi connectivity index (χ0n) is 18.5. The maximum Gasteiger partial charge on any atom is 0.296 e. The van der Waals surface area contributed by atoms with Gasteiger partial charge in [0.05, 0.1) is 17.1 Å². The number of carbonyl (C=O) groups is 1. The lowest BCUT2D eigenvalue weighted by Gasteiger charge is -2.31. The summed E-state index contributed by atoms with van der Waals surface area (Å²) in [5.74, 6) is 0.843. The van der Waals surface area contributed by atoms with Crippen LogP contribution in [0, 0.1) is 19.3 Å². The smallest absolute Gasteiger partial charge is 0.296 e. The van der Waals surface area contributed by atoms with Crippen molar-refractivity contribution in [2.24, 2.45) is 10.6 Å². The number of nitrogens with zero attached hydrogens (tertiary/aromatic N) is 1. The van der Waals surface area contributed by atoms with Crippen molar-refractivity contribution in [3.63, 3.8) is 0 Å². The van der Waals surface area contributed by atoms with E-state index in [0.29, 0.717) is 23.0 Å². The summed E-state index contributed by atoms with van der Waals surface area (Å²) in [5.41, 5.74) is 4.18. The number of thioether (sulfide) groups is 1. The van der Waals surface area contributed by atoms with Gasteiger partial charge in [-0.25, -0.2) is 5.14 Å². The Morgan fingerprint density at radius 3 is 2.34 bits per heavy atom. The van der Waals surface area contributed by atoms with Crippen molar-refractivity contribution >= 4 is 44.9 Å². The van der Waals surface area contributed by atoms with Crippen LogP contribution < -0.4 is 20.1 Å². The summed E-state index contributed by atoms with van der Waals surface area (Å²) in [4.78, 5) is 15.2. The molecule has 0 spiro atoms. The van der Waals surface area contributed by atoms with Crippen LogP contribution in [0.5, 0.6) is 0 Å². The standard InChI is InChI=1S/C20H34N4O3S2/c1-8-9-24-14(11-28-7)10-15-12(2)16(23-29(21,26)27)13(3)17(18(15)24)22-19(25)20(4,5)6/h14,23H,8-11H2,1-7H3,(H,22,25)(H2,21,26,27). The summed E-state index contributed by atoms with van der Waals surface area (Å²) in [6, 6.07) is 0.299. The SMILES string of the molecule is CCCN1c2c(c(C)c(NS(N)(=O)=O)c(C)c2NC(=O)C(C)(C)C)CC1CSC. The van der Waals surface area contributed by atoms with Gasteiger partial charge in [-0.1, -0.05) is 27.7 Å². The molecule has 0 saturated heterocycles. The number of hydrogen-bond acceptors (Lipinski definition) is 5. The maximum absolute atomic E-state index is 12.8. The Kier molecular flexibility index (Phi) is 7.17. The van der Waals surface area contributed by atoms with Crippen LogP contribution in [0.3, 0.4) is 0 Å². The van der Waals surface area contributed by atoms with E-state index >= 15 is 0 Å². The van der Waals surface area contributed by atoms with Gasteiger partial charge in [-0.3, -0.25) is 9.52 Å². The van der Waals surface area contributed by atoms with E-state index in [9.17, 15) is 13.2 Å². The van der Waals surface area contributed by atoms with E-state index in [-0.39, 0.29) is 5.91 Å². The maximum atomic E-state index is 12.8. The molecule has 1 unspecified atom stereocenters. The monoisotopic (exact) mass is 442 g/mol. The van der Waals surface area contributed by atoms with Crippen molar-refractivity contribution in [3.05, 3.63) is 16.7 Å². The van der Waals surface area contributed by atoms with Crippen LogP contribution >= 0.6 is 11.8 Å². The molecule has 29 heavy (non-hydrogen) atoms. The molecule has 9 heteroatoms.